The van der Waals surface area contributed by atoms with Gasteiger partial charge in [-0.15, -0.1) is 0 Å². The first-order valence-electron chi connectivity index (χ1n) is 12.4. The lowest BCUT2D eigenvalue weighted by Gasteiger charge is -2.31. The predicted octanol–water partition coefficient (Wildman–Crippen LogP) is 7.14. The molecule has 1 aliphatic rings. The van der Waals surface area contributed by atoms with Gasteiger partial charge in [-0.05, 0) is 53.4 Å². The van der Waals surface area contributed by atoms with Crippen LogP contribution >= 0.6 is 0 Å². The Hall–Kier alpha value is -4.13. The minimum atomic E-state index is -2.69. The van der Waals surface area contributed by atoms with E-state index in [-0.39, 0.29) is 31.8 Å². The summed E-state index contributed by atoms with van der Waals surface area (Å²) in [5.41, 5.74) is 4.82. The minimum absolute atomic E-state index is 0.0513. The molecule has 37 heavy (non-hydrogen) atoms. The SMILES string of the molecule is CCc1cc2cc(-c3ccc(C(=O)N4CCC(F)(F)CC4)cn3)cc(-c3ccc4cnccc4c3)c2o1. The van der Waals surface area contributed by atoms with Crippen molar-refractivity contribution in [3.05, 3.63) is 84.5 Å². The summed E-state index contributed by atoms with van der Waals surface area (Å²) < 4.78 is 33.2. The molecule has 4 heterocycles. The molecule has 0 spiro atoms. The van der Waals surface area contributed by atoms with Crippen molar-refractivity contribution < 1.29 is 18.0 Å². The summed E-state index contributed by atoms with van der Waals surface area (Å²) in [5.74, 6) is -2.06. The topological polar surface area (TPSA) is 59.2 Å². The highest BCUT2D eigenvalue weighted by Crippen LogP contribution is 2.37. The van der Waals surface area contributed by atoms with Crippen molar-refractivity contribution in [2.75, 3.05) is 13.1 Å². The Bertz CT molecular complexity index is 1620. The molecule has 2 aromatic carbocycles. The number of benzene rings is 2. The van der Waals surface area contributed by atoms with Crippen molar-refractivity contribution in [1.29, 1.82) is 0 Å². The number of alkyl halides is 2. The molecule has 3 aromatic heterocycles. The fourth-order valence-electron chi connectivity index (χ4n) is 4.90. The largest absolute Gasteiger partial charge is 0.460 e. The van der Waals surface area contributed by atoms with Crippen LogP contribution in [0.1, 0.15) is 35.9 Å². The zero-order chi connectivity index (χ0) is 25.6. The Morgan fingerprint density at radius 3 is 2.51 bits per heavy atom. The van der Waals surface area contributed by atoms with Gasteiger partial charge in [0.2, 0.25) is 0 Å². The number of nitrogens with zero attached hydrogens (tertiary/aromatic N) is 3. The lowest BCUT2D eigenvalue weighted by atomic mass is 9.97. The van der Waals surface area contributed by atoms with Crippen LogP contribution in [0.3, 0.4) is 0 Å². The Kier molecular flexibility index (Phi) is 5.71. The van der Waals surface area contributed by atoms with Crippen molar-refractivity contribution in [2.24, 2.45) is 0 Å². The van der Waals surface area contributed by atoms with Gasteiger partial charge in [0.05, 0.1) is 11.3 Å². The smallest absolute Gasteiger partial charge is 0.255 e. The number of hydrogen-bond donors (Lipinski definition) is 0. The van der Waals surface area contributed by atoms with E-state index < -0.39 is 5.92 Å². The number of halogens is 2. The number of carbonyl (C=O) groups excluding carboxylic acids is 1. The highest BCUT2D eigenvalue weighted by atomic mass is 19.3. The van der Waals surface area contributed by atoms with E-state index in [1.54, 1.807) is 12.3 Å². The fraction of sp³-hybridized carbons (Fsp3) is 0.233. The van der Waals surface area contributed by atoms with E-state index in [0.29, 0.717) is 11.3 Å². The second kappa shape index (κ2) is 9.07. The first-order valence-corrected chi connectivity index (χ1v) is 12.4. The number of aryl methyl sites for hydroxylation is 1. The molecule has 0 radical (unpaired) electrons. The number of amides is 1. The molecule has 0 saturated carbocycles. The van der Waals surface area contributed by atoms with Gasteiger partial charge in [0.15, 0.2) is 0 Å². The van der Waals surface area contributed by atoms with Crippen LogP contribution in [-0.2, 0) is 6.42 Å². The minimum Gasteiger partial charge on any atom is -0.460 e. The van der Waals surface area contributed by atoms with E-state index in [2.05, 4.69) is 47.2 Å². The van der Waals surface area contributed by atoms with Crippen molar-refractivity contribution in [3.8, 4) is 22.4 Å². The molecule has 7 heteroatoms. The maximum Gasteiger partial charge on any atom is 0.255 e. The van der Waals surface area contributed by atoms with E-state index in [9.17, 15) is 13.6 Å². The molecule has 1 saturated heterocycles. The number of pyridine rings is 2. The summed E-state index contributed by atoms with van der Waals surface area (Å²) in [7, 11) is 0. The van der Waals surface area contributed by atoms with Gasteiger partial charge in [-0.2, -0.15) is 0 Å². The molecule has 1 aliphatic heterocycles. The monoisotopic (exact) mass is 497 g/mol. The second-order valence-electron chi connectivity index (χ2n) is 9.53. The van der Waals surface area contributed by atoms with Gasteiger partial charge in [0.25, 0.3) is 11.8 Å². The number of hydrogen-bond acceptors (Lipinski definition) is 4. The Balaban J connectivity index is 1.37. The lowest BCUT2D eigenvalue weighted by Crippen LogP contribution is -2.42. The Morgan fingerprint density at radius 1 is 0.946 bits per heavy atom. The average molecular weight is 498 g/mol. The summed E-state index contributed by atoms with van der Waals surface area (Å²) in [5, 5.41) is 3.13. The van der Waals surface area contributed by atoms with Gasteiger partial charge in [-0.3, -0.25) is 14.8 Å². The van der Waals surface area contributed by atoms with Gasteiger partial charge in [0.1, 0.15) is 11.3 Å². The third kappa shape index (κ3) is 4.46. The lowest BCUT2D eigenvalue weighted by molar-refractivity contribution is -0.0494. The highest BCUT2D eigenvalue weighted by Gasteiger charge is 2.35. The van der Waals surface area contributed by atoms with Crippen molar-refractivity contribution in [3.63, 3.8) is 0 Å². The van der Waals surface area contributed by atoms with Crippen molar-refractivity contribution in [2.45, 2.75) is 32.1 Å². The summed E-state index contributed by atoms with van der Waals surface area (Å²) in [6.45, 7) is 2.16. The highest BCUT2D eigenvalue weighted by molar-refractivity contribution is 5.99. The molecule has 0 N–H and O–H groups in total. The van der Waals surface area contributed by atoms with Crippen LogP contribution in [0.4, 0.5) is 8.78 Å². The maximum absolute atomic E-state index is 13.5. The van der Waals surface area contributed by atoms with E-state index in [4.69, 9.17) is 4.42 Å². The number of rotatable bonds is 4. The van der Waals surface area contributed by atoms with Crippen LogP contribution in [0, 0.1) is 0 Å². The third-order valence-corrected chi connectivity index (χ3v) is 7.06. The first kappa shape index (κ1) is 23.3. The third-order valence-electron chi connectivity index (χ3n) is 7.06. The molecular formula is C30H25F2N3O2. The molecule has 0 bridgehead atoms. The van der Waals surface area contributed by atoms with Crippen LogP contribution in [0.5, 0.6) is 0 Å². The number of likely N-dealkylation sites (tertiary alicyclic amines) is 1. The maximum atomic E-state index is 13.5. The molecule has 5 aromatic rings. The Morgan fingerprint density at radius 2 is 1.76 bits per heavy atom. The molecule has 0 aliphatic carbocycles. The quantitative estimate of drug-likeness (QED) is 0.265. The normalized spacial score (nSPS) is 15.4. The Labute approximate surface area is 212 Å². The number of fused-ring (bicyclic) bond motifs is 2. The van der Waals surface area contributed by atoms with E-state index >= 15 is 0 Å². The average Bonchev–Trinajstić information content (AvgIpc) is 3.35. The first-order chi connectivity index (χ1) is 17.9. The summed E-state index contributed by atoms with van der Waals surface area (Å²) in [4.78, 5) is 23.1. The number of aromatic nitrogens is 2. The zero-order valence-corrected chi connectivity index (χ0v) is 20.4. The van der Waals surface area contributed by atoms with Gasteiger partial charge in [0, 0.05) is 72.8 Å². The van der Waals surface area contributed by atoms with E-state index in [1.165, 1.54) is 11.1 Å². The van der Waals surface area contributed by atoms with Gasteiger partial charge in [-0.1, -0.05) is 19.1 Å². The van der Waals surface area contributed by atoms with Crippen LogP contribution < -0.4 is 0 Å². The summed E-state index contributed by atoms with van der Waals surface area (Å²) in [6, 6.07) is 17.9. The molecule has 1 fully saturated rings. The number of carbonyl (C=O) groups is 1. The van der Waals surface area contributed by atoms with E-state index in [0.717, 1.165) is 50.6 Å². The summed E-state index contributed by atoms with van der Waals surface area (Å²) >= 11 is 0. The van der Waals surface area contributed by atoms with Crippen LogP contribution in [0.2, 0.25) is 0 Å². The van der Waals surface area contributed by atoms with Crippen molar-refractivity contribution >= 4 is 27.6 Å². The molecule has 0 unspecified atom stereocenters. The van der Waals surface area contributed by atoms with Gasteiger partial charge >= 0.3 is 0 Å². The molecule has 6 rings (SSSR count). The fourth-order valence-corrected chi connectivity index (χ4v) is 4.90. The van der Waals surface area contributed by atoms with Crippen LogP contribution in [0.15, 0.2) is 77.6 Å². The standard InChI is InChI=1S/C30H25F2N3O2/c1-2-25-15-24-14-23(16-26(28(24)37-25)20-3-4-21-17-33-10-7-19(21)13-20)27-6-5-22(18-34-27)29(36)35-11-8-30(31,32)9-12-35/h3-7,10,13-18H,2,8-9,11-12H2,1H3. The molecule has 1 amide bonds. The molecule has 186 valence electrons. The number of furan rings is 1. The second-order valence-corrected chi connectivity index (χ2v) is 9.53. The summed E-state index contributed by atoms with van der Waals surface area (Å²) in [6.07, 6.45) is 5.33. The molecule has 5 nitrogen and oxygen atoms in total. The van der Waals surface area contributed by atoms with Gasteiger partial charge < -0.3 is 9.32 Å². The number of piperidine rings is 1. The zero-order valence-electron chi connectivity index (χ0n) is 20.4. The van der Waals surface area contributed by atoms with Crippen LogP contribution in [0.25, 0.3) is 44.1 Å². The molecular weight excluding hydrogens is 472 g/mol. The van der Waals surface area contributed by atoms with Gasteiger partial charge in [-0.25, -0.2) is 8.78 Å². The van der Waals surface area contributed by atoms with Crippen molar-refractivity contribution in [1.82, 2.24) is 14.9 Å². The van der Waals surface area contributed by atoms with Crippen LogP contribution in [-0.4, -0.2) is 39.8 Å². The van der Waals surface area contributed by atoms with E-state index in [1.807, 2.05) is 24.4 Å². The molecule has 0 atom stereocenters. The predicted molar refractivity (Wildman–Crippen MR) is 140 cm³/mol.